The molecule has 1 aliphatic heterocycles. The van der Waals surface area contributed by atoms with Crippen LogP contribution in [0.2, 0.25) is 0 Å². The van der Waals surface area contributed by atoms with Crippen LogP contribution in [0.4, 0.5) is 0 Å². The number of hydrogen-bond donors (Lipinski definition) is 1. The number of piperidine rings is 1. The Labute approximate surface area is 126 Å². The van der Waals surface area contributed by atoms with Gasteiger partial charge in [-0.3, -0.25) is 0 Å². The molecule has 0 atom stereocenters. The lowest BCUT2D eigenvalue weighted by atomic mass is 10.1. The van der Waals surface area contributed by atoms with Gasteiger partial charge in [0.05, 0.1) is 0 Å². The third-order valence-corrected chi connectivity index (χ3v) is 4.66. The number of likely N-dealkylation sites (tertiary alicyclic amines) is 1. The third kappa shape index (κ3) is 7.02. The van der Waals surface area contributed by atoms with Gasteiger partial charge in [0.1, 0.15) is 0 Å². The van der Waals surface area contributed by atoms with Crippen LogP contribution in [0.5, 0.6) is 0 Å². The van der Waals surface area contributed by atoms with Gasteiger partial charge >= 0.3 is 0 Å². The summed E-state index contributed by atoms with van der Waals surface area (Å²) in [6.07, 6.45) is 3.64. The molecule has 1 fully saturated rings. The van der Waals surface area contributed by atoms with Gasteiger partial charge in [0, 0.05) is 19.1 Å². The van der Waals surface area contributed by atoms with Crippen LogP contribution in [0.25, 0.3) is 0 Å². The zero-order chi connectivity index (χ0) is 14.8. The molecule has 0 spiro atoms. The van der Waals surface area contributed by atoms with E-state index >= 15 is 0 Å². The Hall–Kier alpha value is -0.160. The molecule has 0 amide bonds. The summed E-state index contributed by atoms with van der Waals surface area (Å²) in [6, 6.07) is 0.447. The Bertz CT molecular complexity index is 223. The smallest absolute Gasteiger partial charge is 0.0109 e. The van der Waals surface area contributed by atoms with Crippen LogP contribution in [0.1, 0.15) is 40.0 Å². The van der Waals surface area contributed by atoms with Gasteiger partial charge in [0.25, 0.3) is 0 Å². The molecule has 4 nitrogen and oxygen atoms in total. The maximum absolute atomic E-state index is 5.96. The van der Waals surface area contributed by atoms with Crippen molar-refractivity contribution in [2.45, 2.75) is 46.1 Å². The molecule has 0 bridgehead atoms. The van der Waals surface area contributed by atoms with Crippen molar-refractivity contribution < 1.29 is 0 Å². The zero-order valence-electron chi connectivity index (χ0n) is 14.0. The Morgan fingerprint density at radius 3 is 2.00 bits per heavy atom. The largest absolute Gasteiger partial charge is 0.328 e. The molecule has 0 unspecified atom stereocenters. The fourth-order valence-electron chi connectivity index (χ4n) is 2.95. The van der Waals surface area contributed by atoms with Crippen molar-refractivity contribution >= 4 is 0 Å². The number of nitrogens with two attached hydrogens (primary N) is 1. The fraction of sp³-hybridized carbons (Fsp3) is 1.00. The second-order valence-corrected chi connectivity index (χ2v) is 5.99. The minimum atomic E-state index is 0.447. The number of hydrogen-bond acceptors (Lipinski definition) is 4. The zero-order valence-corrected chi connectivity index (χ0v) is 14.0. The normalized spacial score (nSPS) is 18.3. The molecule has 120 valence electrons. The predicted octanol–water partition coefficient (Wildman–Crippen LogP) is 1.46. The van der Waals surface area contributed by atoms with Crippen molar-refractivity contribution in [3.05, 3.63) is 0 Å². The Balaban J connectivity index is 2.12. The first-order valence-electron chi connectivity index (χ1n) is 8.62. The first-order valence-corrected chi connectivity index (χ1v) is 8.62. The maximum Gasteiger partial charge on any atom is 0.0109 e. The monoisotopic (exact) mass is 284 g/mol. The number of nitrogens with zero attached hydrogens (tertiary/aromatic N) is 3. The Morgan fingerprint density at radius 2 is 1.45 bits per heavy atom. The highest BCUT2D eigenvalue weighted by molar-refractivity contribution is 4.74. The van der Waals surface area contributed by atoms with E-state index in [9.17, 15) is 0 Å². The molecule has 0 aromatic heterocycles. The molecule has 4 heteroatoms. The lowest BCUT2D eigenvalue weighted by Gasteiger charge is -2.32. The highest BCUT2D eigenvalue weighted by Crippen LogP contribution is 2.08. The van der Waals surface area contributed by atoms with E-state index < -0.39 is 0 Å². The molecular weight excluding hydrogens is 248 g/mol. The van der Waals surface area contributed by atoms with Gasteiger partial charge in [-0.25, -0.2) is 0 Å². The quantitative estimate of drug-likeness (QED) is 0.659. The van der Waals surface area contributed by atoms with E-state index in [4.69, 9.17) is 5.73 Å². The third-order valence-electron chi connectivity index (χ3n) is 4.66. The molecule has 0 aliphatic carbocycles. The van der Waals surface area contributed by atoms with Crippen molar-refractivity contribution in [3.8, 4) is 0 Å². The molecule has 1 aliphatic rings. The van der Waals surface area contributed by atoms with E-state index in [-0.39, 0.29) is 0 Å². The van der Waals surface area contributed by atoms with Gasteiger partial charge in [-0.05, 0) is 65.1 Å². The first-order chi connectivity index (χ1) is 9.69. The second-order valence-electron chi connectivity index (χ2n) is 5.99. The highest BCUT2D eigenvalue weighted by atomic mass is 15.2. The van der Waals surface area contributed by atoms with E-state index in [0.29, 0.717) is 6.04 Å². The van der Waals surface area contributed by atoms with Crippen LogP contribution in [-0.4, -0.2) is 79.6 Å². The Kier molecular flexibility index (Phi) is 9.44. The SMILES string of the molecule is CCN(CC)CCCN(CC)CCN1CCC(N)CC1. The molecule has 0 radical (unpaired) electrons. The van der Waals surface area contributed by atoms with Crippen molar-refractivity contribution in [1.29, 1.82) is 0 Å². The molecule has 0 aromatic carbocycles. The van der Waals surface area contributed by atoms with Crippen LogP contribution in [-0.2, 0) is 0 Å². The molecule has 20 heavy (non-hydrogen) atoms. The van der Waals surface area contributed by atoms with Gasteiger partial charge in [0.15, 0.2) is 0 Å². The van der Waals surface area contributed by atoms with Crippen LogP contribution in [0.15, 0.2) is 0 Å². The van der Waals surface area contributed by atoms with Crippen molar-refractivity contribution in [1.82, 2.24) is 14.7 Å². The lowest BCUT2D eigenvalue weighted by molar-refractivity contribution is 0.171. The average Bonchev–Trinajstić information content (AvgIpc) is 2.48. The second kappa shape index (κ2) is 10.6. The van der Waals surface area contributed by atoms with Gasteiger partial charge in [-0.1, -0.05) is 20.8 Å². The number of rotatable bonds is 10. The van der Waals surface area contributed by atoms with Gasteiger partial charge in [-0.2, -0.15) is 0 Å². The van der Waals surface area contributed by atoms with Crippen LogP contribution < -0.4 is 5.73 Å². The molecule has 2 N–H and O–H groups in total. The molecule has 0 saturated carbocycles. The van der Waals surface area contributed by atoms with Crippen molar-refractivity contribution in [2.75, 3.05) is 58.9 Å². The van der Waals surface area contributed by atoms with E-state index in [1.54, 1.807) is 0 Å². The molecule has 1 saturated heterocycles. The topological polar surface area (TPSA) is 35.7 Å². The maximum atomic E-state index is 5.96. The number of likely N-dealkylation sites (N-methyl/N-ethyl adjacent to an activating group) is 1. The average molecular weight is 284 g/mol. The summed E-state index contributed by atoms with van der Waals surface area (Å²) in [7, 11) is 0. The minimum Gasteiger partial charge on any atom is -0.328 e. The summed E-state index contributed by atoms with van der Waals surface area (Å²) in [5, 5.41) is 0. The Morgan fingerprint density at radius 1 is 0.900 bits per heavy atom. The van der Waals surface area contributed by atoms with E-state index in [1.165, 1.54) is 78.2 Å². The minimum absolute atomic E-state index is 0.447. The summed E-state index contributed by atoms with van der Waals surface area (Å²) in [4.78, 5) is 7.69. The van der Waals surface area contributed by atoms with Gasteiger partial charge < -0.3 is 20.4 Å². The van der Waals surface area contributed by atoms with Gasteiger partial charge in [0.2, 0.25) is 0 Å². The van der Waals surface area contributed by atoms with Gasteiger partial charge in [-0.15, -0.1) is 0 Å². The summed E-state index contributed by atoms with van der Waals surface area (Å²) >= 11 is 0. The van der Waals surface area contributed by atoms with E-state index in [2.05, 4.69) is 35.5 Å². The predicted molar refractivity (Wildman–Crippen MR) is 88.2 cm³/mol. The molecular formula is C16H36N4. The highest BCUT2D eigenvalue weighted by Gasteiger charge is 2.16. The van der Waals surface area contributed by atoms with Crippen LogP contribution in [0, 0.1) is 0 Å². The summed E-state index contributed by atoms with van der Waals surface area (Å²) < 4.78 is 0. The van der Waals surface area contributed by atoms with Crippen molar-refractivity contribution in [3.63, 3.8) is 0 Å². The first kappa shape index (κ1) is 17.9. The molecule has 0 aromatic rings. The van der Waals surface area contributed by atoms with E-state index in [1.807, 2.05) is 0 Å². The van der Waals surface area contributed by atoms with Crippen LogP contribution in [0.3, 0.4) is 0 Å². The standard InChI is InChI=1S/C16H36N4/c1-4-18(5-2)10-7-11-19(6-3)14-15-20-12-8-16(17)9-13-20/h16H,4-15,17H2,1-3H3. The molecule has 1 rings (SSSR count). The summed E-state index contributed by atoms with van der Waals surface area (Å²) in [6.45, 7) is 17.6. The lowest BCUT2D eigenvalue weighted by Crippen LogP contribution is -2.43. The van der Waals surface area contributed by atoms with Crippen molar-refractivity contribution in [2.24, 2.45) is 5.73 Å². The molecule has 1 heterocycles. The summed E-state index contributed by atoms with van der Waals surface area (Å²) in [5.74, 6) is 0. The van der Waals surface area contributed by atoms with E-state index in [0.717, 1.165) is 0 Å². The summed E-state index contributed by atoms with van der Waals surface area (Å²) in [5.41, 5.74) is 5.96. The fourth-order valence-corrected chi connectivity index (χ4v) is 2.95. The van der Waals surface area contributed by atoms with Crippen LogP contribution >= 0.6 is 0 Å².